The number of rotatable bonds is 12. The Balaban J connectivity index is 0.726. The van der Waals surface area contributed by atoms with Crippen molar-refractivity contribution in [3.63, 3.8) is 0 Å². The van der Waals surface area contributed by atoms with E-state index in [4.69, 9.17) is 4.74 Å². The summed E-state index contributed by atoms with van der Waals surface area (Å²) in [7, 11) is -4.00. The lowest BCUT2D eigenvalue weighted by Crippen LogP contribution is -2.52. The van der Waals surface area contributed by atoms with Crippen LogP contribution in [-0.4, -0.2) is 125 Å². The van der Waals surface area contributed by atoms with Crippen LogP contribution in [0.5, 0.6) is 11.5 Å². The number of halogens is 2. The molecule has 0 radical (unpaired) electrons. The highest BCUT2D eigenvalue weighted by Crippen LogP contribution is 2.46. The molecule has 4 aliphatic heterocycles. The van der Waals surface area contributed by atoms with Crippen molar-refractivity contribution in [2.75, 3.05) is 73.8 Å². The zero-order valence-electron chi connectivity index (χ0n) is 36.6. The van der Waals surface area contributed by atoms with Gasteiger partial charge in [0.15, 0.2) is 11.6 Å². The monoisotopic (exact) mass is 948 g/mol. The Labute approximate surface area is 388 Å². The third kappa shape index (κ3) is 9.15. The molecule has 3 amide bonds. The molecule has 352 valence electrons. The van der Waals surface area contributed by atoms with Gasteiger partial charge in [-0.3, -0.25) is 38.7 Å². The van der Waals surface area contributed by atoms with Gasteiger partial charge in [-0.25, -0.2) is 23.7 Å². The molecule has 2 aromatic heterocycles. The van der Waals surface area contributed by atoms with Crippen molar-refractivity contribution in [3.05, 3.63) is 100 Å². The number of aromatic nitrogens is 4. The fourth-order valence-electron chi connectivity index (χ4n) is 9.51. The first-order valence-electron chi connectivity index (χ1n) is 22.5. The minimum atomic E-state index is -4.00. The number of nitriles is 1. The normalized spacial score (nSPS) is 21.3. The van der Waals surface area contributed by atoms with E-state index in [0.29, 0.717) is 112 Å². The smallest absolute Gasteiger partial charge is 0.301 e. The molecule has 0 spiro atoms. The predicted octanol–water partition coefficient (Wildman–Crippen LogP) is 3.47. The summed E-state index contributed by atoms with van der Waals surface area (Å²) >= 11 is 0. The molecule has 3 N–H and O–H groups in total. The molecule has 5 fully saturated rings. The number of nitrogens with zero attached hydrogens (tertiary/aromatic N) is 9. The van der Waals surface area contributed by atoms with Gasteiger partial charge >= 0.3 is 10.2 Å². The quantitative estimate of drug-likeness (QED) is 0.152. The molecule has 22 heteroatoms. The largest absolute Gasteiger partial charge is 0.453 e. The van der Waals surface area contributed by atoms with E-state index in [9.17, 15) is 32.9 Å². The first-order valence-corrected chi connectivity index (χ1v) is 23.9. The zero-order valence-corrected chi connectivity index (χ0v) is 37.4. The Kier molecular flexibility index (Phi) is 12.0. The van der Waals surface area contributed by atoms with E-state index >= 15 is 8.78 Å². The van der Waals surface area contributed by atoms with E-state index in [1.54, 1.807) is 12.1 Å². The van der Waals surface area contributed by atoms with Crippen molar-refractivity contribution < 1.29 is 36.3 Å². The fourth-order valence-corrected chi connectivity index (χ4v) is 10.9. The van der Waals surface area contributed by atoms with Crippen molar-refractivity contribution in [1.82, 2.24) is 38.9 Å². The van der Waals surface area contributed by atoms with Gasteiger partial charge in [-0.05, 0) is 105 Å². The molecule has 3 atom stereocenters. The first-order chi connectivity index (χ1) is 32.8. The van der Waals surface area contributed by atoms with Gasteiger partial charge in [0.25, 0.3) is 5.56 Å². The maximum absolute atomic E-state index is 15.3. The van der Waals surface area contributed by atoms with Crippen LogP contribution in [0.3, 0.4) is 0 Å². The number of amides is 3. The van der Waals surface area contributed by atoms with Gasteiger partial charge in [-0.1, -0.05) is 6.07 Å². The average Bonchev–Trinajstić information content (AvgIpc) is 3.94. The molecule has 5 aromatic rings. The standard InChI is InChI=1S/C46H46F2N12O7S/c47-36-4-6-39(55-68(65,66)59-23-28-17-29(28)24-59)35(20-49)43(36)67-32-2-5-38-34(19-32)45(64)60(26-52-38)31-21-50-46(51-22-31)58-15-13-57(14-16-58)42(62)25-56-11-9-27(10-12-56)33-3-1-30(18-37(33)48)53-40-7-8-41(61)54-44(40)63/h1-6,18-19,21-22,26-29,40,53,55H,7-17,23-25H2,(H,54,61,63)/t28-,29+,40-/m0/s1. The number of benzene rings is 3. The van der Waals surface area contributed by atoms with E-state index < -0.39 is 39.3 Å². The number of hydrogen-bond donors (Lipinski definition) is 3. The molecule has 1 aliphatic carbocycles. The van der Waals surface area contributed by atoms with Crippen molar-refractivity contribution in [3.8, 4) is 23.3 Å². The van der Waals surface area contributed by atoms with E-state index in [1.165, 1.54) is 57.9 Å². The number of piperazine rings is 1. The highest BCUT2D eigenvalue weighted by atomic mass is 32.2. The van der Waals surface area contributed by atoms with E-state index in [0.717, 1.165) is 12.5 Å². The van der Waals surface area contributed by atoms with Gasteiger partial charge in [0.05, 0.1) is 41.2 Å². The van der Waals surface area contributed by atoms with Gasteiger partial charge in [-0.15, -0.1) is 0 Å². The van der Waals surface area contributed by atoms with Crippen LogP contribution in [0.25, 0.3) is 16.6 Å². The van der Waals surface area contributed by atoms with Crippen LogP contribution < -0.4 is 30.6 Å². The van der Waals surface area contributed by atoms with Crippen LogP contribution >= 0.6 is 0 Å². The van der Waals surface area contributed by atoms with Crippen LogP contribution in [0.4, 0.5) is 26.1 Å². The number of likely N-dealkylation sites (tertiary alicyclic amines) is 1. The van der Waals surface area contributed by atoms with Crippen molar-refractivity contribution in [2.24, 2.45) is 11.8 Å². The molecule has 3 aromatic carbocycles. The second-order valence-corrected chi connectivity index (χ2v) is 19.5. The third-order valence-electron chi connectivity index (χ3n) is 13.5. The summed E-state index contributed by atoms with van der Waals surface area (Å²) in [4.78, 5) is 70.0. The molecule has 1 saturated carbocycles. The summed E-state index contributed by atoms with van der Waals surface area (Å²) in [6.45, 7) is 4.21. The molecule has 4 saturated heterocycles. The number of ether oxygens (including phenoxy) is 1. The van der Waals surface area contributed by atoms with Gasteiger partial charge < -0.3 is 19.9 Å². The Bertz CT molecular complexity index is 3030. The molecule has 19 nitrogen and oxygen atoms in total. The van der Waals surface area contributed by atoms with Gasteiger partial charge in [-0.2, -0.15) is 18.0 Å². The Morgan fingerprint density at radius 3 is 2.35 bits per heavy atom. The van der Waals surface area contributed by atoms with Crippen molar-refractivity contribution in [1.29, 1.82) is 5.26 Å². The molecule has 0 unspecified atom stereocenters. The van der Waals surface area contributed by atoms with Crippen molar-refractivity contribution >= 4 is 56.2 Å². The summed E-state index contributed by atoms with van der Waals surface area (Å²) in [6.07, 6.45) is 7.27. The van der Waals surface area contributed by atoms with E-state index in [2.05, 4.69) is 35.2 Å². The molecule has 5 aliphatic rings. The summed E-state index contributed by atoms with van der Waals surface area (Å²) in [5, 5.41) is 15.4. The Hall–Kier alpha value is -7.09. The van der Waals surface area contributed by atoms with Crippen LogP contribution in [0, 0.1) is 34.8 Å². The highest BCUT2D eigenvalue weighted by Gasteiger charge is 2.49. The van der Waals surface area contributed by atoms with Crippen LogP contribution in [-0.2, 0) is 24.6 Å². The number of nitrogens with one attached hydrogen (secondary N) is 3. The second-order valence-electron chi connectivity index (χ2n) is 17.8. The topological polar surface area (TPSA) is 228 Å². The lowest BCUT2D eigenvalue weighted by molar-refractivity contribution is -0.134. The SMILES string of the molecule is N#Cc1c(NS(=O)(=O)N2C[C@H]3C[C@H]3C2)ccc(F)c1Oc1ccc2ncn(-c3cnc(N4CCN(C(=O)CN5CCC(c6ccc(N[C@H]7CCC(=O)NC7=O)cc6F)CC5)CC4)nc3)c(=O)c2c1. The number of fused-ring (bicyclic) bond motifs is 2. The maximum Gasteiger partial charge on any atom is 0.301 e. The number of anilines is 3. The summed E-state index contributed by atoms with van der Waals surface area (Å²) in [6, 6.07) is 12.7. The van der Waals surface area contributed by atoms with E-state index in [-0.39, 0.29) is 58.9 Å². The molecule has 6 heterocycles. The van der Waals surface area contributed by atoms with E-state index in [1.807, 2.05) is 15.9 Å². The number of imide groups is 1. The van der Waals surface area contributed by atoms with Crippen LogP contribution in [0.2, 0.25) is 0 Å². The van der Waals surface area contributed by atoms with Gasteiger partial charge in [0.2, 0.25) is 23.7 Å². The minimum absolute atomic E-state index is 0.00414. The van der Waals surface area contributed by atoms with Crippen molar-refractivity contribution in [2.45, 2.75) is 44.1 Å². The molecule has 68 heavy (non-hydrogen) atoms. The maximum atomic E-state index is 15.3. The molecular formula is C46H46F2N12O7S. The first kappa shape index (κ1) is 44.7. The predicted molar refractivity (Wildman–Crippen MR) is 243 cm³/mol. The number of carbonyl (C=O) groups is 3. The number of carbonyl (C=O) groups excluding carboxylic acids is 3. The zero-order chi connectivity index (χ0) is 47.3. The molecule has 0 bridgehead atoms. The lowest BCUT2D eigenvalue weighted by Gasteiger charge is -2.37. The fraction of sp³-hybridized carbons (Fsp3) is 0.391. The Morgan fingerprint density at radius 2 is 1.65 bits per heavy atom. The Morgan fingerprint density at radius 1 is 0.897 bits per heavy atom. The third-order valence-corrected chi connectivity index (χ3v) is 14.9. The summed E-state index contributed by atoms with van der Waals surface area (Å²) in [5.41, 5.74) is 0.732. The van der Waals surface area contributed by atoms with Crippen LogP contribution in [0.1, 0.15) is 49.1 Å². The minimum Gasteiger partial charge on any atom is -0.453 e. The number of piperidine rings is 3. The second kappa shape index (κ2) is 18.2. The highest BCUT2D eigenvalue weighted by molar-refractivity contribution is 7.90. The molecule has 10 rings (SSSR count). The average molecular weight is 949 g/mol. The summed E-state index contributed by atoms with van der Waals surface area (Å²) < 4.78 is 67.5. The molecular weight excluding hydrogens is 903 g/mol. The van der Waals surface area contributed by atoms with Gasteiger partial charge in [0.1, 0.15) is 35.6 Å². The lowest BCUT2D eigenvalue weighted by atomic mass is 9.89. The number of hydrogen-bond acceptors (Lipinski definition) is 14. The van der Waals surface area contributed by atoms with Gasteiger partial charge in [0, 0.05) is 51.4 Å². The summed E-state index contributed by atoms with van der Waals surface area (Å²) in [5.74, 6) is -1.39. The van der Waals surface area contributed by atoms with Crippen LogP contribution in [0.15, 0.2) is 72.0 Å².